The number of rotatable bonds is 4. The summed E-state index contributed by atoms with van der Waals surface area (Å²) in [6, 6.07) is 5.29. The Labute approximate surface area is 88.0 Å². The van der Waals surface area contributed by atoms with E-state index in [1.54, 1.807) is 19.2 Å². The van der Waals surface area contributed by atoms with Crippen molar-refractivity contribution >= 4 is 23.1 Å². The molecular weight excluding hydrogens is 202 g/mol. The molecule has 0 saturated carbocycles. The van der Waals surface area contributed by atoms with E-state index in [1.165, 1.54) is 6.92 Å². The lowest BCUT2D eigenvalue weighted by atomic mass is 10.3. The molecule has 3 nitrogen and oxygen atoms in total. The van der Waals surface area contributed by atoms with E-state index < -0.39 is 0 Å². The van der Waals surface area contributed by atoms with E-state index in [9.17, 15) is 4.79 Å². The summed E-state index contributed by atoms with van der Waals surface area (Å²) in [6.45, 7) is 1.83. The fourth-order valence-electron chi connectivity index (χ4n) is 1.00. The summed E-state index contributed by atoms with van der Waals surface area (Å²) < 4.78 is 5.00. The second kappa shape index (κ2) is 4.86. The van der Waals surface area contributed by atoms with Gasteiger partial charge in [-0.1, -0.05) is 11.6 Å². The smallest absolute Gasteiger partial charge is 0.148 e. The molecule has 0 bridgehead atoms. The Kier molecular flexibility index (Phi) is 3.77. The number of carbonyl (C=O) groups excluding carboxylic acids is 1. The summed E-state index contributed by atoms with van der Waals surface area (Å²) in [5.74, 6) is 0.706. The van der Waals surface area contributed by atoms with Gasteiger partial charge in [-0.25, -0.2) is 0 Å². The fraction of sp³-hybridized carbons (Fsp3) is 0.300. The van der Waals surface area contributed by atoms with Gasteiger partial charge in [0.15, 0.2) is 0 Å². The molecule has 0 amide bonds. The number of Topliss-reactive ketones (excluding diaryl/α,β-unsaturated/α-hetero) is 1. The first kappa shape index (κ1) is 10.9. The van der Waals surface area contributed by atoms with Crippen LogP contribution in [0, 0.1) is 0 Å². The minimum absolute atomic E-state index is 0.0805. The molecule has 0 saturated heterocycles. The maximum atomic E-state index is 10.7. The zero-order valence-corrected chi connectivity index (χ0v) is 8.89. The zero-order chi connectivity index (χ0) is 10.6. The Morgan fingerprint density at radius 3 is 2.79 bits per heavy atom. The quantitative estimate of drug-likeness (QED) is 0.835. The molecule has 0 unspecified atom stereocenters. The van der Waals surface area contributed by atoms with Gasteiger partial charge in [0.2, 0.25) is 0 Å². The molecule has 0 aromatic heterocycles. The second-order valence-electron chi connectivity index (χ2n) is 2.90. The highest BCUT2D eigenvalue weighted by molar-refractivity contribution is 6.32. The highest BCUT2D eigenvalue weighted by atomic mass is 35.5. The van der Waals surface area contributed by atoms with Crippen LogP contribution in [-0.4, -0.2) is 19.4 Å². The lowest BCUT2D eigenvalue weighted by molar-refractivity contribution is -0.115. The number of ether oxygens (including phenoxy) is 1. The number of carbonyl (C=O) groups is 1. The van der Waals surface area contributed by atoms with Gasteiger partial charge in [-0.15, -0.1) is 0 Å². The molecule has 0 aliphatic heterocycles. The van der Waals surface area contributed by atoms with Crippen LogP contribution in [0.3, 0.4) is 0 Å². The highest BCUT2D eigenvalue weighted by Gasteiger charge is 2.01. The molecule has 0 fully saturated rings. The van der Waals surface area contributed by atoms with Gasteiger partial charge in [-0.3, -0.25) is 4.79 Å². The molecule has 1 aromatic rings. The van der Waals surface area contributed by atoms with Crippen LogP contribution in [0.1, 0.15) is 6.92 Å². The minimum atomic E-state index is 0.0805. The van der Waals surface area contributed by atoms with Gasteiger partial charge in [-0.2, -0.15) is 0 Å². The van der Waals surface area contributed by atoms with Gasteiger partial charge in [0.1, 0.15) is 11.5 Å². The van der Waals surface area contributed by atoms with E-state index in [1.807, 2.05) is 6.07 Å². The molecule has 14 heavy (non-hydrogen) atoms. The molecule has 0 atom stereocenters. The van der Waals surface area contributed by atoms with Crippen LogP contribution in [-0.2, 0) is 4.79 Å². The SMILES string of the molecule is COc1ccc(NCC(C)=O)cc1Cl. The number of hydrogen-bond acceptors (Lipinski definition) is 3. The van der Waals surface area contributed by atoms with Gasteiger partial charge < -0.3 is 10.1 Å². The van der Waals surface area contributed by atoms with Crippen molar-refractivity contribution in [1.82, 2.24) is 0 Å². The molecule has 4 heteroatoms. The highest BCUT2D eigenvalue weighted by Crippen LogP contribution is 2.26. The van der Waals surface area contributed by atoms with Crippen molar-refractivity contribution in [3.8, 4) is 5.75 Å². The number of ketones is 1. The number of halogens is 1. The Morgan fingerprint density at radius 2 is 2.29 bits per heavy atom. The lowest BCUT2D eigenvalue weighted by Gasteiger charge is -2.07. The number of anilines is 1. The maximum absolute atomic E-state index is 10.7. The molecule has 0 radical (unpaired) electrons. The molecular formula is C10H12ClNO2. The van der Waals surface area contributed by atoms with Crippen LogP contribution in [0.5, 0.6) is 5.75 Å². The van der Waals surface area contributed by atoms with Crippen molar-refractivity contribution in [3.63, 3.8) is 0 Å². The third-order valence-electron chi connectivity index (χ3n) is 1.69. The summed E-state index contributed by atoms with van der Waals surface area (Å²) in [5, 5.41) is 3.48. The Bertz CT molecular complexity index is 339. The Morgan fingerprint density at radius 1 is 1.57 bits per heavy atom. The van der Waals surface area contributed by atoms with E-state index in [4.69, 9.17) is 16.3 Å². The predicted molar refractivity (Wildman–Crippen MR) is 57.2 cm³/mol. The first-order chi connectivity index (χ1) is 6.63. The molecule has 0 heterocycles. The van der Waals surface area contributed by atoms with E-state index in [2.05, 4.69) is 5.32 Å². The van der Waals surface area contributed by atoms with E-state index in [0.29, 0.717) is 17.3 Å². The van der Waals surface area contributed by atoms with E-state index in [0.717, 1.165) is 5.69 Å². The van der Waals surface area contributed by atoms with Crippen LogP contribution in [0.15, 0.2) is 18.2 Å². The van der Waals surface area contributed by atoms with E-state index in [-0.39, 0.29) is 5.78 Å². The molecule has 0 aliphatic rings. The van der Waals surface area contributed by atoms with Gasteiger partial charge in [0, 0.05) is 5.69 Å². The van der Waals surface area contributed by atoms with Gasteiger partial charge in [-0.05, 0) is 25.1 Å². The summed E-state index contributed by atoms with van der Waals surface area (Å²) in [7, 11) is 1.56. The topological polar surface area (TPSA) is 38.3 Å². The number of methoxy groups -OCH3 is 1. The molecule has 1 rings (SSSR count). The number of benzene rings is 1. The Balaban J connectivity index is 2.71. The molecule has 1 N–H and O–H groups in total. The van der Waals surface area contributed by atoms with Crippen LogP contribution < -0.4 is 10.1 Å². The lowest BCUT2D eigenvalue weighted by Crippen LogP contribution is -2.09. The summed E-state index contributed by atoms with van der Waals surface area (Å²) in [6.07, 6.45) is 0. The summed E-state index contributed by atoms with van der Waals surface area (Å²) in [5.41, 5.74) is 0.811. The second-order valence-corrected chi connectivity index (χ2v) is 3.31. The third-order valence-corrected chi connectivity index (χ3v) is 1.99. The predicted octanol–water partition coefficient (Wildman–Crippen LogP) is 2.35. The van der Waals surface area contributed by atoms with E-state index >= 15 is 0 Å². The molecule has 0 aliphatic carbocycles. The van der Waals surface area contributed by atoms with Crippen molar-refractivity contribution in [2.45, 2.75) is 6.92 Å². The average molecular weight is 214 g/mol. The van der Waals surface area contributed by atoms with Crippen molar-refractivity contribution in [2.75, 3.05) is 19.0 Å². The van der Waals surface area contributed by atoms with Crippen LogP contribution in [0.2, 0.25) is 5.02 Å². The van der Waals surface area contributed by atoms with Crippen molar-refractivity contribution in [1.29, 1.82) is 0 Å². The first-order valence-electron chi connectivity index (χ1n) is 4.20. The minimum Gasteiger partial charge on any atom is -0.495 e. The van der Waals surface area contributed by atoms with Crippen LogP contribution in [0.4, 0.5) is 5.69 Å². The van der Waals surface area contributed by atoms with Crippen LogP contribution >= 0.6 is 11.6 Å². The monoisotopic (exact) mass is 213 g/mol. The van der Waals surface area contributed by atoms with Gasteiger partial charge in [0.05, 0.1) is 18.7 Å². The first-order valence-corrected chi connectivity index (χ1v) is 4.58. The molecule has 76 valence electrons. The fourth-order valence-corrected chi connectivity index (χ4v) is 1.26. The third kappa shape index (κ3) is 2.92. The van der Waals surface area contributed by atoms with Crippen molar-refractivity contribution in [3.05, 3.63) is 23.2 Å². The summed E-state index contributed by atoms with van der Waals surface area (Å²) in [4.78, 5) is 10.7. The van der Waals surface area contributed by atoms with Gasteiger partial charge in [0.25, 0.3) is 0 Å². The van der Waals surface area contributed by atoms with Crippen molar-refractivity contribution in [2.24, 2.45) is 0 Å². The molecule has 0 spiro atoms. The average Bonchev–Trinajstić information content (AvgIpc) is 2.15. The standard InChI is InChI=1S/C10H12ClNO2/c1-7(13)6-12-8-3-4-10(14-2)9(11)5-8/h3-5,12H,6H2,1-2H3. The largest absolute Gasteiger partial charge is 0.495 e. The Hall–Kier alpha value is -1.22. The zero-order valence-electron chi connectivity index (χ0n) is 8.13. The van der Waals surface area contributed by atoms with Crippen LogP contribution in [0.25, 0.3) is 0 Å². The number of hydrogen-bond donors (Lipinski definition) is 1. The van der Waals surface area contributed by atoms with Gasteiger partial charge >= 0.3 is 0 Å². The number of nitrogens with one attached hydrogen (secondary N) is 1. The molecule has 1 aromatic carbocycles. The normalized spacial score (nSPS) is 9.64. The van der Waals surface area contributed by atoms with Crippen molar-refractivity contribution < 1.29 is 9.53 Å². The summed E-state index contributed by atoms with van der Waals surface area (Å²) >= 11 is 5.89. The maximum Gasteiger partial charge on any atom is 0.148 e.